The molecule has 0 aliphatic rings. The van der Waals surface area contributed by atoms with Crippen molar-refractivity contribution in [3.05, 3.63) is 170 Å². The Kier molecular flexibility index (Phi) is 5.82. The number of rotatable bonds is 3. The average molecular weight is 615 g/mol. The Bertz CT molecular complexity index is 2780. The summed E-state index contributed by atoms with van der Waals surface area (Å²) < 4.78 is 22.7. The van der Waals surface area contributed by atoms with Crippen LogP contribution in [-0.2, 0) is 0 Å². The fourth-order valence-electron chi connectivity index (χ4n) is 7.98. The standard InChI is InChI=1S/C46H27FO/c47-46-35-22-10-8-20-33(35)43(34-21-9-11-23-36(34)46)38-25-13-27-40-45(38)44-37(24-12-26-39(44)48-40)42-31-18-6-4-16-29(31)41(28-14-2-1-3-15-28)30-17-5-7-19-32(30)42/h1-27H. The van der Waals surface area contributed by atoms with E-state index in [1.807, 2.05) is 60.7 Å². The minimum Gasteiger partial charge on any atom is -0.456 e. The predicted octanol–water partition coefficient (Wildman–Crippen LogP) is 13.3. The molecule has 10 aromatic rings. The molecular weight excluding hydrogens is 588 g/mol. The van der Waals surface area contributed by atoms with Crippen LogP contribution in [0.1, 0.15) is 0 Å². The predicted molar refractivity (Wildman–Crippen MR) is 200 cm³/mol. The zero-order valence-electron chi connectivity index (χ0n) is 25.9. The lowest BCUT2D eigenvalue weighted by Crippen LogP contribution is -1.92. The minimum absolute atomic E-state index is 0.189. The lowest BCUT2D eigenvalue weighted by Gasteiger charge is -2.18. The first kappa shape index (κ1) is 26.9. The van der Waals surface area contributed by atoms with Gasteiger partial charge in [-0.1, -0.05) is 152 Å². The van der Waals surface area contributed by atoms with Gasteiger partial charge in [0.15, 0.2) is 0 Å². The fourth-order valence-corrected chi connectivity index (χ4v) is 7.98. The summed E-state index contributed by atoms with van der Waals surface area (Å²) >= 11 is 0. The molecule has 0 atom stereocenters. The Hall–Kier alpha value is -6.25. The molecule has 1 heterocycles. The molecule has 224 valence electrons. The van der Waals surface area contributed by atoms with Crippen LogP contribution >= 0.6 is 0 Å². The normalized spacial score (nSPS) is 11.9. The zero-order valence-corrected chi connectivity index (χ0v) is 25.9. The van der Waals surface area contributed by atoms with Gasteiger partial charge in [0.25, 0.3) is 0 Å². The van der Waals surface area contributed by atoms with Crippen molar-refractivity contribution in [2.75, 3.05) is 0 Å². The molecule has 2 heteroatoms. The maximum absolute atomic E-state index is 16.0. The summed E-state index contributed by atoms with van der Waals surface area (Å²) in [6.45, 7) is 0. The van der Waals surface area contributed by atoms with E-state index in [-0.39, 0.29) is 5.82 Å². The van der Waals surface area contributed by atoms with E-state index in [4.69, 9.17) is 4.42 Å². The highest BCUT2D eigenvalue weighted by atomic mass is 19.1. The second-order valence-corrected chi connectivity index (χ2v) is 12.4. The van der Waals surface area contributed by atoms with Crippen LogP contribution in [0.25, 0.3) is 98.4 Å². The molecule has 48 heavy (non-hydrogen) atoms. The third-order valence-corrected chi connectivity index (χ3v) is 9.92. The van der Waals surface area contributed by atoms with Crippen molar-refractivity contribution >= 4 is 65.0 Å². The molecule has 0 bridgehead atoms. The number of fused-ring (bicyclic) bond motifs is 7. The van der Waals surface area contributed by atoms with E-state index in [0.717, 1.165) is 49.4 Å². The molecule has 0 N–H and O–H groups in total. The SMILES string of the molecule is Fc1c2ccccc2c(-c2cccc3oc4cccc(-c5c6ccccc6c(-c6ccccc6)c6ccccc56)c4c23)c2ccccc12. The van der Waals surface area contributed by atoms with Crippen molar-refractivity contribution < 1.29 is 8.81 Å². The van der Waals surface area contributed by atoms with E-state index < -0.39 is 0 Å². The minimum atomic E-state index is -0.189. The number of hydrogen-bond acceptors (Lipinski definition) is 1. The second kappa shape index (κ2) is 10.4. The highest BCUT2D eigenvalue weighted by Crippen LogP contribution is 2.49. The van der Waals surface area contributed by atoms with Gasteiger partial charge in [-0.15, -0.1) is 0 Å². The van der Waals surface area contributed by atoms with Gasteiger partial charge in [-0.3, -0.25) is 0 Å². The highest BCUT2D eigenvalue weighted by molar-refractivity contribution is 6.28. The maximum atomic E-state index is 16.0. The van der Waals surface area contributed by atoms with Crippen molar-refractivity contribution in [1.29, 1.82) is 0 Å². The first-order valence-corrected chi connectivity index (χ1v) is 16.3. The first-order valence-electron chi connectivity index (χ1n) is 16.3. The molecule has 0 spiro atoms. The van der Waals surface area contributed by atoms with Crippen molar-refractivity contribution in [3.63, 3.8) is 0 Å². The number of furan rings is 1. The van der Waals surface area contributed by atoms with Gasteiger partial charge >= 0.3 is 0 Å². The molecule has 9 aromatic carbocycles. The lowest BCUT2D eigenvalue weighted by atomic mass is 9.84. The van der Waals surface area contributed by atoms with Crippen LogP contribution < -0.4 is 0 Å². The second-order valence-electron chi connectivity index (χ2n) is 12.4. The summed E-state index contributed by atoms with van der Waals surface area (Å²) in [5, 5.41) is 9.88. The fraction of sp³-hybridized carbons (Fsp3) is 0. The molecular formula is C46H27FO. The summed E-state index contributed by atoms with van der Waals surface area (Å²) in [4.78, 5) is 0. The molecule has 0 amide bonds. The van der Waals surface area contributed by atoms with E-state index in [0.29, 0.717) is 10.8 Å². The third-order valence-electron chi connectivity index (χ3n) is 9.92. The largest absolute Gasteiger partial charge is 0.456 e. The van der Waals surface area contributed by atoms with Gasteiger partial charge in [-0.25, -0.2) is 4.39 Å². The summed E-state index contributed by atoms with van der Waals surface area (Å²) in [6.07, 6.45) is 0. The Morgan fingerprint density at radius 3 is 1.10 bits per heavy atom. The summed E-state index contributed by atoms with van der Waals surface area (Å²) in [5.41, 5.74) is 8.40. The van der Waals surface area contributed by atoms with E-state index in [1.165, 1.54) is 38.2 Å². The molecule has 0 radical (unpaired) electrons. The lowest BCUT2D eigenvalue weighted by molar-refractivity contribution is 0.651. The summed E-state index contributed by atoms with van der Waals surface area (Å²) in [5.74, 6) is -0.189. The van der Waals surface area contributed by atoms with Crippen LogP contribution in [0.5, 0.6) is 0 Å². The number of benzene rings is 9. The van der Waals surface area contributed by atoms with Crippen molar-refractivity contribution in [1.82, 2.24) is 0 Å². The van der Waals surface area contributed by atoms with Gasteiger partial charge in [0.1, 0.15) is 17.0 Å². The van der Waals surface area contributed by atoms with Crippen LogP contribution in [-0.4, -0.2) is 0 Å². The van der Waals surface area contributed by atoms with Crippen molar-refractivity contribution in [3.8, 4) is 33.4 Å². The molecule has 1 nitrogen and oxygen atoms in total. The zero-order chi connectivity index (χ0) is 31.8. The van der Waals surface area contributed by atoms with Gasteiger partial charge in [-0.05, 0) is 77.8 Å². The number of hydrogen-bond donors (Lipinski definition) is 0. The quantitative estimate of drug-likeness (QED) is 0.181. The molecule has 0 saturated carbocycles. The van der Waals surface area contributed by atoms with Gasteiger partial charge in [0, 0.05) is 21.5 Å². The summed E-state index contributed by atoms with van der Waals surface area (Å²) in [7, 11) is 0. The van der Waals surface area contributed by atoms with Crippen LogP contribution in [0.3, 0.4) is 0 Å². The van der Waals surface area contributed by atoms with E-state index >= 15 is 4.39 Å². The Morgan fingerprint density at radius 2 is 0.667 bits per heavy atom. The van der Waals surface area contributed by atoms with Gasteiger partial charge in [0.05, 0.1) is 0 Å². The molecule has 0 unspecified atom stereocenters. The number of halogens is 1. The third kappa shape index (κ3) is 3.77. The Morgan fingerprint density at radius 1 is 0.312 bits per heavy atom. The highest BCUT2D eigenvalue weighted by Gasteiger charge is 2.23. The molecule has 0 aliphatic carbocycles. The van der Waals surface area contributed by atoms with Gasteiger partial charge < -0.3 is 4.42 Å². The molecule has 0 aliphatic heterocycles. The Balaban J connectivity index is 1.39. The van der Waals surface area contributed by atoms with Crippen LogP contribution in [0.2, 0.25) is 0 Å². The smallest absolute Gasteiger partial charge is 0.138 e. The average Bonchev–Trinajstić information content (AvgIpc) is 3.54. The van der Waals surface area contributed by atoms with Crippen LogP contribution in [0, 0.1) is 5.82 Å². The topological polar surface area (TPSA) is 13.1 Å². The van der Waals surface area contributed by atoms with Crippen LogP contribution in [0.4, 0.5) is 4.39 Å². The molecule has 0 fully saturated rings. The van der Waals surface area contributed by atoms with E-state index in [9.17, 15) is 0 Å². The Labute approximate surface area is 276 Å². The maximum Gasteiger partial charge on any atom is 0.138 e. The summed E-state index contributed by atoms with van der Waals surface area (Å²) in [6, 6.07) is 56.4. The van der Waals surface area contributed by atoms with E-state index in [2.05, 4.69) is 103 Å². The van der Waals surface area contributed by atoms with Crippen molar-refractivity contribution in [2.24, 2.45) is 0 Å². The monoisotopic (exact) mass is 614 g/mol. The first-order chi connectivity index (χ1) is 23.8. The van der Waals surface area contributed by atoms with Crippen LogP contribution in [0.15, 0.2) is 168 Å². The van der Waals surface area contributed by atoms with Gasteiger partial charge in [0.2, 0.25) is 0 Å². The van der Waals surface area contributed by atoms with Gasteiger partial charge in [-0.2, -0.15) is 0 Å². The van der Waals surface area contributed by atoms with Crippen molar-refractivity contribution in [2.45, 2.75) is 0 Å². The molecule has 1 aromatic heterocycles. The van der Waals surface area contributed by atoms with E-state index in [1.54, 1.807) is 0 Å². The molecule has 10 rings (SSSR count). The molecule has 0 saturated heterocycles.